The van der Waals surface area contributed by atoms with Crippen molar-refractivity contribution in [3.05, 3.63) is 91.5 Å². The van der Waals surface area contributed by atoms with Crippen LogP contribution in [0.2, 0.25) is 4.34 Å². The number of carbonyl (C=O) groups is 2. The summed E-state index contributed by atoms with van der Waals surface area (Å²) in [4.78, 5) is 37.9. The Kier molecular flexibility index (Phi) is 7.61. The molecule has 36 heavy (non-hydrogen) atoms. The summed E-state index contributed by atoms with van der Waals surface area (Å²) >= 11 is 7.32. The number of nitrogens with one attached hydrogen (secondary N) is 1. The fraction of sp³-hybridized carbons (Fsp3) is 0.167. The first-order valence-corrected chi connectivity index (χ1v) is 11.8. The number of rotatable bonds is 8. The Morgan fingerprint density at radius 3 is 2.58 bits per heavy atom. The number of thiophene rings is 1. The molecule has 0 aliphatic carbocycles. The van der Waals surface area contributed by atoms with Crippen LogP contribution >= 0.6 is 22.9 Å². The van der Waals surface area contributed by atoms with E-state index in [1.807, 2.05) is 6.07 Å². The van der Waals surface area contributed by atoms with Gasteiger partial charge in [0.05, 0.1) is 35.7 Å². The first-order chi connectivity index (χ1) is 17.3. The largest absolute Gasteiger partial charge is 0.469 e. The Bertz CT molecular complexity index is 1500. The Labute approximate surface area is 212 Å². The molecular formula is C24H19ClF2N4O4S. The smallest absolute Gasteiger partial charge is 0.307 e. The van der Waals surface area contributed by atoms with Crippen molar-refractivity contribution in [2.45, 2.75) is 19.5 Å². The van der Waals surface area contributed by atoms with Crippen molar-refractivity contribution >= 4 is 40.6 Å². The molecule has 0 aliphatic heterocycles. The zero-order chi connectivity index (χ0) is 25.8. The van der Waals surface area contributed by atoms with E-state index >= 15 is 0 Å². The van der Waals surface area contributed by atoms with Crippen molar-refractivity contribution in [1.82, 2.24) is 14.3 Å². The molecule has 0 saturated heterocycles. The fourth-order valence-corrected chi connectivity index (χ4v) is 4.44. The van der Waals surface area contributed by atoms with E-state index in [0.717, 1.165) is 32.3 Å². The Morgan fingerprint density at radius 2 is 1.92 bits per heavy atom. The molecule has 0 radical (unpaired) electrons. The average Bonchev–Trinajstić information content (AvgIpc) is 3.47. The maximum absolute atomic E-state index is 14.7. The zero-order valence-corrected chi connectivity index (χ0v) is 20.4. The summed E-state index contributed by atoms with van der Waals surface area (Å²) in [6.07, 6.45) is -0.181. The molecule has 0 spiro atoms. The molecule has 0 bridgehead atoms. The molecule has 4 aromatic rings. The molecule has 1 N–H and O–H groups in total. The summed E-state index contributed by atoms with van der Waals surface area (Å²) in [7, 11) is 1.20. The second kappa shape index (κ2) is 10.8. The third-order valence-corrected chi connectivity index (χ3v) is 6.45. The minimum Gasteiger partial charge on any atom is -0.469 e. The van der Waals surface area contributed by atoms with Gasteiger partial charge in [-0.2, -0.15) is 14.2 Å². The van der Waals surface area contributed by atoms with Gasteiger partial charge in [-0.15, -0.1) is 11.3 Å². The number of nitrogens with zero attached hydrogens (tertiary/aromatic N) is 3. The predicted molar refractivity (Wildman–Crippen MR) is 131 cm³/mol. The van der Waals surface area contributed by atoms with Crippen molar-refractivity contribution in [1.29, 1.82) is 0 Å². The van der Waals surface area contributed by atoms with Gasteiger partial charge in [0.25, 0.3) is 11.5 Å². The molecule has 186 valence electrons. The fourth-order valence-electron chi connectivity index (χ4n) is 3.41. The van der Waals surface area contributed by atoms with Gasteiger partial charge >= 0.3 is 5.97 Å². The third-order valence-electron chi connectivity index (χ3n) is 5.22. The minimum absolute atomic E-state index is 0.106. The highest BCUT2D eigenvalue weighted by atomic mass is 35.5. The molecule has 3 aromatic heterocycles. The molecule has 8 nitrogen and oxygen atoms in total. The van der Waals surface area contributed by atoms with Crippen molar-refractivity contribution in [3.8, 4) is 11.3 Å². The van der Waals surface area contributed by atoms with Crippen LogP contribution in [0.3, 0.4) is 0 Å². The third kappa shape index (κ3) is 5.52. The molecule has 0 unspecified atom stereocenters. The summed E-state index contributed by atoms with van der Waals surface area (Å²) in [5, 5.41) is 7.30. The standard InChI is InChI=1S/C24H19ClF2N4O4S/c1-35-23(33)8-9-30-20(27)10-14(11-22(30)32)18-12-21(28-13-15-6-7-19(25)36-15)31(29-18)24(34)16-4-2-3-5-17(16)26/h2-7,10-12,28H,8-9,13H2,1H3. The van der Waals surface area contributed by atoms with E-state index in [1.165, 1.54) is 42.7 Å². The Morgan fingerprint density at radius 1 is 1.14 bits per heavy atom. The number of benzene rings is 1. The maximum Gasteiger partial charge on any atom is 0.307 e. The van der Waals surface area contributed by atoms with Gasteiger partial charge in [-0.05, 0) is 24.3 Å². The van der Waals surface area contributed by atoms with Crippen molar-refractivity contribution in [3.63, 3.8) is 0 Å². The van der Waals surface area contributed by atoms with Crippen molar-refractivity contribution in [2.75, 3.05) is 12.4 Å². The van der Waals surface area contributed by atoms with Gasteiger partial charge in [0.2, 0.25) is 0 Å². The van der Waals surface area contributed by atoms with E-state index in [1.54, 1.807) is 6.07 Å². The molecule has 4 rings (SSSR count). The van der Waals surface area contributed by atoms with E-state index in [0.29, 0.717) is 4.34 Å². The lowest BCUT2D eigenvalue weighted by molar-refractivity contribution is -0.140. The first kappa shape index (κ1) is 25.3. The van der Waals surface area contributed by atoms with Gasteiger partial charge < -0.3 is 10.1 Å². The van der Waals surface area contributed by atoms with Crippen LogP contribution in [-0.2, 0) is 22.6 Å². The van der Waals surface area contributed by atoms with Crippen molar-refractivity contribution < 1.29 is 23.1 Å². The summed E-state index contributed by atoms with van der Waals surface area (Å²) in [5.41, 5.74) is -0.693. The molecule has 0 aliphatic rings. The number of methoxy groups -OCH3 is 1. The highest BCUT2D eigenvalue weighted by Crippen LogP contribution is 2.26. The summed E-state index contributed by atoms with van der Waals surface area (Å²) in [6, 6.07) is 12.7. The van der Waals surface area contributed by atoms with Crippen LogP contribution in [0, 0.1) is 11.8 Å². The summed E-state index contributed by atoms with van der Waals surface area (Å²) in [5.74, 6) is -2.75. The second-order valence-electron chi connectivity index (χ2n) is 7.55. The average molecular weight is 533 g/mol. The van der Waals surface area contributed by atoms with E-state index in [9.17, 15) is 23.2 Å². The van der Waals surface area contributed by atoms with Crippen LogP contribution in [0.4, 0.5) is 14.6 Å². The Balaban J connectivity index is 1.70. The predicted octanol–water partition coefficient (Wildman–Crippen LogP) is 4.57. The zero-order valence-electron chi connectivity index (χ0n) is 18.8. The normalized spacial score (nSPS) is 10.9. The van der Waals surface area contributed by atoms with Gasteiger partial charge in [0.1, 0.15) is 11.6 Å². The number of halogens is 3. The number of carbonyl (C=O) groups excluding carboxylic acids is 2. The first-order valence-electron chi connectivity index (χ1n) is 10.6. The number of pyridine rings is 1. The van der Waals surface area contributed by atoms with Gasteiger partial charge in [-0.1, -0.05) is 23.7 Å². The summed E-state index contributed by atoms with van der Waals surface area (Å²) in [6.45, 7) is 0.0879. The quantitative estimate of drug-likeness (QED) is 0.264. The van der Waals surface area contributed by atoms with Crippen LogP contribution in [0.25, 0.3) is 11.3 Å². The molecule has 0 saturated carbocycles. The van der Waals surface area contributed by atoms with Gasteiger partial charge in [-0.25, -0.2) is 4.39 Å². The molecule has 3 heterocycles. The number of hydrogen-bond acceptors (Lipinski definition) is 7. The monoisotopic (exact) mass is 532 g/mol. The molecule has 0 fully saturated rings. The number of hydrogen-bond donors (Lipinski definition) is 1. The maximum atomic E-state index is 14.7. The van der Waals surface area contributed by atoms with Crippen LogP contribution < -0.4 is 10.9 Å². The van der Waals surface area contributed by atoms with E-state index in [2.05, 4.69) is 15.2 Å². The van der Waals surface area contributed by atoms with Crippen LogP contribution in [0.1, 0.15) is 21.7 Å². The van der Waals surface area contributed by atoms with Crippen LogP contribution in [0.15, 0.2) is 59.4 Å². The highest BCUT2D eigenvalue weighted by molar-refractivity contribution is 7.16. The molecule has 1 aromatic carbocycles. The second-order valence-corrected chi connectivity index (χ2v) is 9.35. The number of esters is 1. The topological polar surface area (TPSA) is 95.2 Å². The van der Waals surface area contributed by atoms with Gasteiger partial charge in [0.15, 0.2) is 5.95 Å². The Hall–Kier alpha value is -3.83. The van der Waals surface area contributed by atoms with Gasteiger partial charge in [-0.3, -0.25) is 19.0 Å². The van der Waals surface area contributed by atoms with Gasteiger partial charge in [0, 0.05) is 35.2 Å². The lowest BCUT2D eigenvalue weighted by atomic mass is 10.2. The van der Waals surface area contributed by atoms with Crippen LogP contribution in [0.5, 0.6) is 0 Å². The molecule has 12 heteroatoms. The lowest BCUT2D eigenvalue weighted by Crippen LogP contribution is -2.24. The highest BCUT2D eigenvalue weighted by Gasteiger charge is 2.21. The van der Waals surface area contributed by atoms with E-state index in [-0.39, 0.29) is 42.1 Å². The van der Waals surface area contributed by atoms with E-state index < -0.39 is 29.2 Å². The molecule has 0 atom stereocenters. The van der Waals surface area contributed by atoms with Crippen LogP contribution in [-0.4, -0.2) is 33.3 Å². The van der Waals surface area contributed by atoms with Crippen molar-refractivity contribution in [2.24, 2.45) is 0 Å². The molecule has 0 amide bonds. The minimum atomic E-state index is -0.890. The lowest BCUT2D eigenvalue weighted by Gasteiger charge is -2.08. The number of ether oxygens (including phenoxy) is 1. The molecular weight excluding hydrogens is 514 g/mol. The van der Waals surface area contributed by atoms with E-state index in [4.69, 9.17) is 11.6 Å². The summed E-state index contributed by atoms with van der Waals surface area (Å²) < 4.78 is 35.9. The number of anilines is 1. The SMILES string of the molecule is COC(=O)CCn1c(F)cc(-c2cc(NCc3ccc(Cl)s3)n(C(=O)c3ccccc3F)n2)cc1=O. The number of aromatic nitrogens is 3.